The molecule has 1 fully saturated rings. The van der Waals surface area contributed by atoms with Gasteiger partial charge in [-0.05, 0) is 29.8 Å². The van der Waals surface area contributed by atoms with Crippen molar-refractivity contribution in [3.05, 3.63) is 22.4 Å². The molecule has 0 aliphatic carbocycles. The van der Waals surface area contributed by atoms with Gasteiger partial charge in [0.1, 0.15) is 0 Å². The molecule has 1 aliphatic heterocycles. The summed E-state index contributed by atoms with van der Waals surface area (Å²) in [6, 6.07) is 4.00. The number of carbonyl (C=O) groups is 2. The van der Waals surface area contributed by atoms with Gasteiger partial charge in [0.15, 0.2) is 0 Å². The van der Waals surface area contributed by atoms with Crippen LogP contribution in [0.2, 0.25) is 0 Å². The number of nitrogens with one attached hydrogen (secondary N) is 1. The molecule has 0 saturated carbocycles. The highest BCUT2D eigenvalue weighted by molar-refractivity contribution is 7.10. The predicted octanol–water partition coefficient (Wildman–Crippen LogP) is 2.78. The minimum absolute atomic E-state index is 0. The number of carbonyl (C=O) groups excluding carboxylic acids is 1. The quantitative estimate of drug-likeness (QED) is 0.847. The van der Waals surface area contributed by atoms with Crippen LogP contribution >= 0.6 is 23.7 Å². The maximum absolute atomic E-state index is 12.3. The molecular formula is C16H25ClN2O3S. The highest BCUT2D eigenvalue weighted by Crippen LogP contribution is 2.35. The van der Waals surface area contributed by atoms with Crippen LogP contribution in [0.1, 0.15) is 38.1 Å². The van der Waals surface area contributed by atoms with Gasteiger partial charge in [-0.15, -0.1) is 23.7 Å². The number of halogens is 1. The Hall–Kier alpha value is -1.11. The van der Waals surface area contributed by atoms with Crippen molar-refractivity contribution in [3.63, 3.8) is 0 Å². The Balaban J connectivity index is 0.00000264. The maximum Gasteiger partial charge on any atom is 0.307 e. The molecule has 5 nitrogen and oxygen atoms in total. The fraction of sp³-hybridized carbons (Fsp3) is 0.625. The molecule has 0 spiro atoms. The number of carboxylic acids is 1. The number of likely N-dealkylation sites (tertiary alicyclic amines) is 1. The SMILES string of the molecule is CC(C)(C)C(NC(=O)CN1CCC(C(=O)O)C1)c1cccs1.Cl. The third-order valence-electron chi connectivity index (χ3n) is 3.99. The van der Waals surface area contributed by atoms with E-state index >= 15 is 0 Å². The Bertz CT molecular complexity index is 528. The molecule has 1 amide bonds. The van der Waals surface area contributed by atoms with Crippen molar-refractivity contribution in [1.29, 1.82) is 0 Å². The van der Waals surface area contributed by atoms with Crippen LogP contribution in [0, 0.1) is 11.3 Å². The van der Waals surface area contributed by atoms with Gasteiger partial charge in [-0.2, -0.15) is 0 Å². The van der Waals surface area contributed by atoms with E-state index in [1.165, 1.54) is 0 Å². The van der Waals surface area contributed by atoms with Crippen molar-refractivity contribution in [1.82, 2.24) is 10.2 Å². The van der Waals surface area contributed by atoms with Crippen molar-refractivity contribution >= 4 is 35.6 Å². The lowest BCUT2D eigenvalue weighted by Gasteiger charge is -2.31. The van der Waals surface area contributed by atoms with E-state index in [-0.39, 0.29) is 42.2 Å². The fourth-order valence-corrected chi connectivity index (χ4v) is 3.78. The van der Waals surface area contributed by atoms with Gasteiger partial charge in [-0.25, -0.2) is 0 Å². The average Bonchev–Trinajstić information content (AvgIpc) is 3.05. The van der Waals surface area contributed by atoms with E-state index in [0.29, 0.717) is 19.5 Å². The summed E-state index contributed by atoms with van der Waals surface area (Å²) in [6.07, 6.45) is 0.621. The number of amides is 1. The van der Waals surface area contributed by atoms with Gasteiger partial charge >= 0.3 is 5.97 Å². The molecule has 1 aromatic heterocycles. The monoisotopic (exact) mass is 360 g/mol. The lowest BCUT2D eigenvalue weighted by molar-refractivity contribution is -0.141. The zero-order valence-corrected chi connectivity index (χ0v) is 15.4. The molecule has 2 atom stereocenters. The highest BCUT2D eigenvalue weighted by atomic mass is 35.5. The van der Waals surface area contributed by atoms with Crippen LogP contribution in [0.4, 0.5) is 0 Å². The van der Waals surface area contributed by atoms with Crippen LogP contribution in [0.3, 0.4) is 0 Å². The molecule has 2 heterocycles. The van der Waals surface area contributed by atoms with Crippen molar-refractivity contribution in [3.8, 4) is 0 Å². The Kier molecular flexibility index (Phi) is 7.04. The smallest absolute Gasteiger partial charge is 0.307 e. The Labute approximate surface area is 147 Å². The van der Waals surface area contributed by atoms with Gasteiger partial charge in [0.2, 0.25) is 5.91 Å². The zero-order valence-electron chi connectivity index (χ0n) is 13.7. The summed E-state index contributed by atoms with van der Waals surface area (Å²) < 4.78 is 0. The van der Waals surface area contributed by atoms with Crippen LogP contribution in [-0.4, -0.2) is 41.5 Å². The van der Waals surface area contributed by atoms with Crippen LogP contribution in [0.25, 0.3) is 0 Å². The molecule has 1 aliphatic rings. The topological polar surface area (TPSA) is 69.6 Å². The van der Waals surface area contributed by atoms with Crippen molar-refractivity contribution in [2.45, 2.75) is 33.2 Å². The minimum Gasteiger partial charge on any atom is -0.481 e. The summed E-state index contributed by atoms with van der Waals surface area (Å²) >= 11 is 1.64. The molecule has 0 bridgehead atoms. The minimum atomic E-state index is -0.769. The first-order chi connectivity index (χ1) is 10.3. The molecule has 7 heteroatoms. The molecule has 1 aromatic rings. The van der Waals surface area contributed by atoms with Crippen molar-refractivity contribution in [2.75, 3.05) is 19.6 Å². The lowest BCUT2D eigenvalue weighted by Crippen LogP contribution is -2.42. The molecular weight excluding hydrogens is 336 g/mol. The number of carboxylic acid groups (broad SMARTS) is 1. The average molecular weight is 361 g/mol. The summed E-state index contributed by atoms with van der Waals surface area (Å²) in [5.74, 6) is -1.16. The Morgan fingerprint density at radius 3 is 2.65 bits per heavy atom. The number of hydrogen-bond acceptors (Lipinski definition) is 4. The molecule has 2 N–H and O–H groups in total. The number of nitrogens with zero attached hydrogens (tertiary/aromatic N) is 1. The van der Waals surface area contributed by atoms with E-state index in [2.05, 4.69) is 26.1 Å². The second kappa shape index (κ2) is 8.13. The Morgan fingerprint density at radius 1 is 1.48 bits per heavy atom. The largest absolute Gasteiger partial charge is 0.481 e. The second-order valence-corrected chi connectivity index (χ2v) is 7.92. The van der Waals surface area contributed by atoms with E-state index in [1.54, 1.807) is 11.3 Å². The fourth-order valence-electron chi connectivity index (χ4n) is 2.76. The molecule has 1 saturated heterocycles. The van der Waals surface area contributed by atoms with E-state index in [1.807, 2.05) is 22.4 Å². The number of aliphatic carboxylic acids is 1. The van der Waals surface area contributed by atoms with Gasteiger partial charge in [0.25, 0.3) is 0 Å². The highest BCUT2D eigenvalue weighted by Gasteiger charge is 2.32. The van der Waals surface area contributed by atoms with Crippen LogP contribution in [-0.2, 0) is 9.59 Å². The second-order valence-electron chi connectivity index (χ2n) is 6.94. The number of thiophene rings is 1. The van der Waals surface area contributed by atoms with Crippen molar-refractivity contribution < 1.29 is 14.7 Å². The predicted molar refractivity (Wildman–Crippen MR) is 94.1 cm³/mol. The zero-order chi connectivity index (χ0) is 16.3. The lowest BCUT2D eigenvalue weighted by atomic mass is 9.85. The number of hydrogen-bond donors (Lipinski definition) is 2. The van der Waals surface area contributed by atoms with Crippen molar-refractivity contribution in [2.24, 2.45) is 11.3 Å². The van der Waals surface area contributed by atoms with E-state index < -0.39 is 5.97 Å². The first-order valence-corrected chi connectivity index (χ1v) is 8.43. The molecule has 0 radical (unpaired) electrons. The third-order valence-corrected chi connectivity index (χ3v) is 4.93. The van der Waals surface area contributed by atoms with Crippen LogP contribution in [0.15, 0.2) is 17.5 Å². The summed E-state index contributed by atoms with van der Waals surface area (Å²) in [5, 5.41) is 14.1. The summed E-state index contributed by atoms with van der Waals surface area (Å²) in [6.45, 7) is 7.71. The van der Waals surface area contributed by atoms with E-state index in [0.717, 1.165) is 4.88 Å². The molecule has 23 heavy (non-hydrogen) atoms. The van der Waals surface area contributed by atoms with Gasteiger partial charge < -0.3 is 10.4 Å². The summed E-state index contributed by atoms with van der Waals surface area (Å²) in [5.41, 5.74) is -0.0743. The molecule has 2 rings (SSSR count). The van der Waals surface area contributed by atoms with Crippen LogP contribution < -0.4 is 5.32 Å². The summed E-state index contributed by atoms with van der Waals surface area (Å²) in [4.78, 5) is 26.4. The van der Waals surface area contributed by atoms with E-state index in [4.69, 9.17) is 5.11 Å². The van der Waals surface area contributed by atoms with Gasteiger partial charge in [-0.1, -0.05) is 26.8 Å². The van der Waals surface area contributed by atoms with Crippen LogP contribution in [0.5, 0.6) is 0 Å². The standard InChI is InChI=1S/C16H24N2O3S.ClH/c1-16(2,3)14(12-5-4-8-22-12)17-13(19)10-18-7-6-11(9-18)15(20)21;/h4-5,8,11,14H,6-7,9-10H2,1-3H3,(H,17,19)(H,20,21);1H. The molecule has 130 valence electrons. The Morgan fingerprint density at radius 2 is 2.17 bits per heavy atom. The first kappa shape index (κ1) is 19.9. The third kappa shape index (κ3) is 5.48. The van der Waals surface area contributed by atoms with Gasteiger partial charge in [0.05, 0.1) is 18.5 Å². The maximum atomic E-state index is 12.3. The first-order valence-electron chi connectivity index (χ1n) is 7.55. The number of rotatable bonds is 5. The molecule has 2 unspecified atom stereocenters. The summed E-state index contributed by atoms with van der Waals surface area (Å²) in [7, 11) is 0. The van der Waals surface area contributed by atoms with Gasteiger partial charge in [-0.3, -0.25) is 14.5 Å². The normalized spacial score (nSPS) is 19.9. The van der Waals surface area contributed by atoms with Gasteiger partial charge in [0, 0.05) is 11.4 Å². The molecule has 0 aromatic carbocycles. The van der Waals surface area contributed by atoms with E-state index in [9.17, 15) is 9.59 Å².